The highest BCUT2D eigenvalue weighted by Crippen LogP contribution is 2.52. The predicted molar refractivity (Wildman–Crippen MR) is 115 cm³/mol. The van der Waals surface area contributed by atoms with Crippen molar-refractivity contribution in [3.63, 3.8) is 0 Å². The summed E-state index contributed by atoms with van der Waals surface area (Å²) in [7, 11) is 0. The van der Waals surface area contributed by atoms with Crippen molar-refractivity contribution in [2.24, 2.45) is 16.3 Å². The van der Waals surface area contributed by atoms with Gasteiger partial charge in [-0.1, -0.05) is 37.6 Å². The summed E-state index contributed by atoms with van der Waals surface area (Å²) < 4.78 is 5.89. The molecule has 1 aromatic rings. The molecule has 0 spiro atoms. The van der Waals surface area contributed by atoms with Gasteiger partial charge in [-0.25, -0.2) is 0 Å². The molecule has 1 aromatic carbocycles. The van der Waals surface area contributed by atoms with Crippen LogP contribution in [0.15, 0.2) is 29.3 Å². The molecule has 0 radical (unpaired) electrons. The van der Waals surface area contributed by atoms with Crippen LogP contribution in [0.2, 0.25) is 5.02 Å². The first-order chi connectivity index (χ1) is 11.4. The van der Waals surface area contributed by atoms with Crippen LogP contribution in [0, 0.1) is 11.3 Å². The van der Waals surface area contributed by atoms with Crippen molar-refractivity contribution in [2.45, 2.75) is 52.3 Å². The van der Waals surface area contributed by atoms with Crippen LogP contribution in [0.3, 0.4) is 0 Å². The molecule has 25 heavy (non-hydrogen) atoms. The van der Waals surface area contributed by atoms with Gasteiger partial charge in [0.2, 0.25) is 0 Å². The Hall–Kier alpha value is -0.530. The molecule has 1 heterocycles. The van der Waals surface area contributed by atoms with Gasteiger partial charge < -0.3 is 15.4 Å². The number of nitrogens with one attached hydrogen (secondary N) is 2. The van der Waals surface area contributed by atoms with Crippen LogP contribution < -0.4 is 10.6 Å². The minimum absolute atomic E-state index is 0. The summed E-state index contributed by atoms with van der Waals surface area (Å²) in [6.45, 7) is 10.4. The van der Waals surface area contributed by atoms with Crippen molar-refractivity contribution in [3.8, 4) is 0 Å². The number of halogens is 2. The van der Waals surface area contributed by atoms with Crippen LogP contribution >= 0.6 is 35.6 Å². The molecule has 0 aromatic heterocycles. The fourth-order valence-electron chi connectivity index (χ4n) is 4.12. The summed E-state index contributed by atoms with van der Waals surface area (Å²) in [6, 6.07) is 8.50. The molecule has 1 aliphatic heterocycles. The summed E-state index contributed by atoms with van der Waals surface area (Å²) in [6.07, 6.45) is 1.51. The number of fused-ring (bicyclic) bond motifs is 1. The molecule has 2 N–H and O–H groups in total. The first-order valence-corrected chi connectivity index (χ1v) is 9.26. The van der Waals surface area contributed by atoms with Gasteiger partial charge in [-0.2, -0.15) is 0 Å². The van der Waals surface area contributed by atoms with E-state index in [1.54, 1.807) is 0 Å². The van der Waals surface area contributed by atoms with Crippen LogP contribution in [0.1, 0.15) is 45.7 Å². The van der Waals surface area contributed by atoms with Gasteiger partial charge in [0.25, 0.3) is 0 Å². The topological polar surface area (TPSA) is 45.7 Å². The molecule has 3 rings (SSSR count). The number of hydrogen-bond donors (Lipinski definition) is 2. The van der Waals surface area contributed by atoms with E-state index < -0.39 is 0 Å². The Balaban J connectivity index is 0.00000225. The van der Waals surface area contributed by atoms with Crippen LogP contribution in [-0.2, 0) is 4.74 Å². The fraction of sp³-hybridized carbons (Fsp3) is 0.632. The van der Waals surface area contributed by atoms with E-state index in [-0.39, 0.29) is 35.4 Å². The molecule has 1 aliphatic carbocycles. The summed E-state index contributed by atoms with van der Waals surface area (Å²) in [5.41, 5.74) is 1.29. The third kappa shape index (κ3) is 4.25. The lowest BCUT2D eigenvalue weighted by atomic mass is 9.57. The van der Waals surface area contributed by atoms with E-state index in [2.05, 4.69) is 49.4 Å². The fourth-order valence-corrected chi connectivity index (χ4v) is 4.32. The van der Waals surface area contributed by atoms with Crippen LogP contribution in [-0.4, -0.2) is 31.3 Å². The van der Waals surface area contributed by atoms with Crippen LogP contribution in [0.25, 0.3) is 0 Å². The van der Waals surface area contributed by atoms with Gasteiger partial charge in [0.1, 0.15) is 0 Å². The number of benzene rings is 1. The smallest absolute Gasteiger partial charge is 0.191 e. The Bertz CT molecular complexity index is 622. The molecule has 6 heteroatoms. The average Bonchev–Trinajstić information content (AvgIpc) is 2.99. The number of rotatable bonds is 4. The number of aliphatic imine (C=N–C) groups is 1. The number of nitrogens with zero attached hydrogens (tertiary/aromatic N) is 1. The minimum atomic E-state index is 0. The standard InChI is InChI=1S/C19H28ClN3O.HI/c1-5-21-18(22-12(2)13-7-6-8-14(20)11-13)23-16-15-9-10-24-17(15)19(16,3)4;/h6-8,11-12,15-17H,5,9-10H2,1-4H3,(H2,21,22,23);1H. The largest absolute Gasteiger partial charge is 0.377 e. The first-order valence-electron chi connectivity index (χ1n) is 8.88. The second-order valence-electron chi connectivity index (χ2n) is 7.43. The zero-order valence-corrected chi connectivity index (χ0v) is 18.5. The third-order valence-electron chi connectivity index (χ3n) is 5.41. The van der Waals surface area contributed by atoms with Crippen molar-refractivity contribution >= 4 is 41.5 Å². The molecule has 2 aliphatic rings. The van der Waals surface area contributed by atoms with E-state index in [1.807, 2.05) is 18.2 Å². The maximum absolute atomic E-state index is 6.11. The Morgan fingerprint density at radius 1 is 1.44 bits per heavy atom. The van der Waals surface area contributed by atoms with Gasteiger partial charge in [-0.15, -0.1) is 24.0 Å². The molecule has 4 atom stereocenters. The van der Waals surface area contributed by atoms with E-state index in [1.165, 1.54) is 0 Å². The number of guanidine groups is 1. The highest BCUT2D eigenvalue weighted by molar-refractivity contribution is 14.0. The van der Waals surface area contributed by atoms with Gasteiger partial charge in [-0.3, -0.25) is 4.99 Å². The molecule has 0 amide bonds. The minimum Gasteiger partial charge on any atom is -0.377 e. The molecular formula is C19H29ClIN3O. The summed E-state index contributed by atoms with van der Waals surface area (Å²) in [4.78, 5) is 4.63. The van der Waals surface area contributed by atoms with Gasteiger partial charge in [-0.05, 0) is 38.0 Å². The maximum atomic E-state index is 6.11. The van der Waals surface area contributed by atoms with E-state index in [9.17, 15) is 0 Å². The van der Waals surface area contributed by atoms with E-state index in [0.717, 1.165) is 36.1 Å². The Morgan fingerprint density at radius 2 is 2.20 bits per heavy atom. The quantitative estimate of drug-likeness (QED) is 0.384. The predicted octanol–water partition coefficient (Wildman–Crippen LogP) is 4.39. The van der Waals surface area contributed by atoms with E-state index in [0.29, 0.717) is 18.1 Å². The molecule has 0 bridgehead atoms. The second kappa shape index (κ2) is 8.44. The molecule has 1 saturated carbocycles. The highest BCUT2D eigenvalue weighted by atomic mass is 127. The van der Waals surface area contributed by atoms with E-state index in [4.69, 9.17) is 16.3 Å². The average molecular weight is 478 g/mol. The van der Waals surface area contributed by atoms with Gasteiger partial charge in [0.15, 0.2) is 5.96 Å². The van der Waals surface area contributed by atoms with Crippen LogP contribution in [0.5, 0.6) is 0 Å². The van der Waals surface area contributed by atoms with Crippen molar-refractivity contribution in [1.82, 2.24) is 10.6 Å². The molecule has 1 saturated heterocycles. The highest BCUT2D eigenvalue weighted by Gasteiger charge is 2.59. The molecular weight excluding hydrogens is 449 g/mol. The van der Waals surface area contributed by atoms with Crippen molar-refractivity contribution in [1.29, 1.82) is 0 Å². The van der Waals surface area contributed by atoms with Crippen molar-refractivity contribution < 1.29 is 4.74 Å². The summed E-state index contributed by atoms with van der Waals surface area (Å²) in [5, 5.41) is 7.93. The maximum Gasteiger partial charge on any atom is 0.191 e. The van der Waals surface area contributed by atoms with Crippen molar-refractivity contribution in [2.75, 3.05) is 13.2 Å². The zero-order valence-electron chi connectivity index (χ0n) is 15.4. The number of ether oxygens (including phenoxy) is 1. The van der Waals surface area contributed by atoms with Crippen molar-refractivity contribution in [3.05, 3.63) is 34.9 Å². The first kappa shape index (κ1) is 20.8. The normalized spacial score (nSPS) is 28.4. The van der Waals surface area contributed by atoms with Gasteiger partial charge in [0.05, 0.1) is 12.1 Å². The Labute approximate surface area is 173 Å². The second-order valence-corrected chi connectivity index (χ2v) is 7.87. The Kier molecular flexibility index (Phi) is 7.01. The van der Waals surface area contributed by atoms with Crippen LogP contribution in [0.4, 0.5) is 0 Å². The molecule has 2 fully saturated rings. The van der Waals surface area contributed by atoms with Gasteiger partial charge >= 0.3 is 0 Å². The molecule has 140 valence electrons. The van der Waals surface area contributed by atoms with E-state index >= 15 is 0 Å². The monoisotopic (exact) mass is 477 g/mol. The summed E-state index contributed by atoms with van der Waals surface area (Å²) in [5.74, 6) is 1.46. The Morgan fingerprint density at radius 3 is 2.88 bits per heavy atom. The summed E-state index contributed by atoms with van der Waals surface area (Å²) >= 11 is 6.11. The third-order valence-corrected chi connectivity index (χ3v) is 5.65. The number of hydrogen-bond acceptors (Lipinski definition) is 2. The lowest BCUT2D eigenvalue weighted by molar-refractivity contribution is -0.106. The molecule has 4 unspecified atom stereocenters. The SMILES string of the molecule is CCN=C(NC(C)c1cccc(Cl)c1)NC1C2CCOC2C1(C)C.I. The zero-order chi connectivity index (χ0) is 17.3. The lowest BCUT2D eigenvalue weighted by Crippen LogP contribution is -2.68. The lowest BCUT2D eigenvalue weighted by Gasteiger charge is -2.55. The molecule has 4 nitrogen and oxygen atoms in total. The van der Waals surface area contributed by atoms with Gasteiger partial charge in [0, 0.05) is 35.5 Å².